The standard InChI is InChI=1S/C17H19NO3/c1-2-20-16-11-7-6-8-14(16)12-18-17(19)13-21-15-9-4-3-5-10-15/h3-11H,2,12-13H2,1H3,(H,18,19). The van der Waals surface area contributed by atoms with Gasteiger partial charge in [-0.25, -0.2) is 0 Å². The lowest BCUT2D eigenvalue weighted by Crippen LogP contribution is -2.28. The highest BCUT2D eigenvalue weighted by Gasteiger charge is 2.06. The first kappa shape index (κ1) is 14.9. The Labute approximate surface area is 124 Å². The highest BCUT2D eigenvalue weighted by Crippen LogP contribution is 2.17. The number of hydrogen-bond donors (Lipinski definition) is 1. The van der Waals surface area contributed by atoms with E-state index in [4.69, 9.17) is 9.47 Å². The monoisotopic (exact) mass is 285 g/mol. The van der Waals surface area contributed by atoms with Gasteiger partial charge in [-0.1, -0.05) is 36.4 Å². The van der Waals surface area contributed by atoms with Gasteiger partial charge in [0.2, 0.25) is 0 Å². The fraction of sp³-hybridized carbons (Fsp3) is 0.235. The minimum atomic E-state index is -0.162. The van der Waals surface area contributed by atoms with Gasteiger partial charge >= 0.3 is 0 Å². The zero-order chi connectivity index (χ0) is 14.9. The number of nitrogens with one attached hydrogen (secondary N) is 1. The van der Waals surface area contributed by atoms with Crippen LogP contribution >= 0.6 is 0 Å². The van der Waals surface area contributed by atoms with Crippen LogP contribution in [-0.4, -0.2) is 19.1 Å². The van der Waals surface area contributed by atoms with Crippen molar-refractivity contribution < 1.29 is 14.3 Å². The third-order valence-corrected chi connectivity index (χ3v) is 2.86. The largest absolute Gasteiger partial charge is 0.494 e. The summed E-state index contributed by atoms with van der Waals surface area (Å²) in [5, 5.41) is 2.82. The average molecular weight is 285 g/mol. The van der Waals surface area contributed by atoms with Gasteiger partial charge in [-0.15, -0.1) is 0 Å². The van der Waals surface area contributed by atoms with Crippen molar-refractivity contribution in [2.45, 2.75) is 13.5 Å². The molecule has 0 saturated heterocycles. The molecule has 2 aromatic carbocycles. The maximum atomic E-state index is 11.8. The van der Waals surface area contributed by atoms with Crippen LogP contribution in [0.4, 0.5) is 0 Å². The highest BCUT2D eigenvalue weighted by atomic mass is 16.5. The Morgan fingerprint density at radius 1 is 1.00 bits per heavy atom. The molecule has 1 N–H and O–H groups in total. The van der Waals surface area contributed by atoms with Crippen molar-refractivity contribution >= 4 is 5.91 Å². The normalized spacial score (nSPS) is 9.95. The number of para-hydroxylation sites is 2. The number of ether oxygens (including phenoxy) is 2. The molecule has 4 nitrogen and oxygen atoms in total. The maximum absolute atomic E-state index is 11.8. The summed E-state index contributed by atoms with van der Waals surface area (Å²) in [6.07, 6.45) is 0. The van der Waals surface area contributed by atoms with E-state index in [2.05, 4.69) is 5.32 Å². The number of hydrogen-bond acceptors (Lipinski definition) is 3. The van der Waals surface area contributed by atoms with E-state index in [-0.39, 0.29) is 12.5 Å². The minimum Gasteiger partial charge on any atom is -0.494 e. The second-order valence-corrected chi connectivity index (χ2v) is 4.42. The Morgan fingerprint density at radius 3 is 2.48 bits per heavy atom. The first-order chi connectivity index (χ1) is 10.3. The predicted octanol–water partition coefficient (Wildman–Crippen LogP) is 2.78. The van der Waals surface area contributed by atoms with Gasteiger partial charge in [-0.05, 0) is 25.1 Å². The summed E-state index contributed by atoms with van der Waals surface area (Å²) in [5.41, 5.74) is 0.951. The topological polar surface area (TPSA) is 47.6 Å². The Bertz CT molecular complexity index is 569. The molecule has 1 amide bonds. The van der Waals surface area contributed by atoms with Gasteiger partial charge in [-0.2, -0.15) is 0 Å². The van der Waals surface area contributed by atoms with Crippen molar-refractivity contribution in [3.63, 3.8) is 0 Å². The molecule has 21 heavy (non-hydrogen) atoms. The van der Waals surface area contributed by atoms with Crippen LogP contribution in [0.15, 0.2) is 54.6 Å². The molecule has 110 valence electrons. The molecule has 4 heteroatoms. The highest BCUT2D eigenvalue weighted by molar-refractivity contribution is 5.77. The van der Waals surface area contributed by atoms with Crippen molar-refractivity contribution in [1.29, 1.82) is 0 Å². The molecule has 2 aromatic rings. The van der Waals surface area contributed by atoms with Crippen LogP contribution in [0.25, 0.3) is 0 Å². The molecule has 2 rings (SSSR count). The average Bonchev–Trinajstić information content (AvgIpc) is 2.53. The smallest absolute Gasteiger partial charge is 0.258 e. The lowest BCUT2D eigenvalue weighted by Gasteiger charge is -2.11. The fourth-order valence-electron chi connectivity index (χ4n) is 1.86. The van der Waals surface area contributed by atoms with Gasteiger partial charge in [0.15, 0.2) is 6.61 Å². The van der Waals surface area contributed by atoms with Crippen molar-refractivity contribution in [2.24, 2.45) is 0 Å². The number of benzene rings is 2. The molecule has 0 radical (unpaired) electrons. The third-order valence-electron chi connectivity index (χ3n) is 2.86. The van der Waals surface area contributed by atoms with E-state index in [1.807, 2.05) is 61.5 Å². The first-order valence-corrected chi connectivity index (χ1v) is 6.95. The van der Waals surface area contributed by atoms with Crippen molar-refractivity contribution in [1.82, 2.24) is 5.32 Å². The fourth-order valence-corrected chi connectivity index (χ4v) is 1.86. The molecular formula is C17H19NO3. The molecule has 0 aliphatic carbocycles. The van der Waals surface area contributed by atoms with Crippen molar-refractivity contribution in [2.75, 3.05) is 13.2 Å². The summed E-state index contributed by atoms with van der Waals surface area (Å²) in [6.45, 7) is 2.96. The van der Waals surface area contributed by atoms with Crippen LogP contribution in [0.5, 0.6) is 11.5 Å². The summed E-state index contributed by atoms with van der Waals surface area (Å²) in [4.78, 5) is 11.8. The SMILES string of the molecule is CCOc1ccccc1CNC(=O)COc1ccccc1. The van der Waals surface area contributed by atoms with E-state index in [9.17, 15) is 4.79 Å². The van der Waals surface area contributed by atoms with Gasteiger partial charge < -0.3 is 14.8 Å². The molecule has 0 atom stereocenters. The Morgan fingerprint density at radius 2 is 1.71 bits per heavy atom. The van der Waals surface area contributed by atoms with E-state index in [1.165, 1.54) is 0 Å². The molecule has 0 heterocycles. The Balaban J connectivity index is 1.81. The number of rotatable bonds is 7. The minimum absolute atomic E-state index is 0.000809. The van der Waals surface area contributed by atoms with Crippen LogP contribution in [-0.2, 0) is 11.3 Å². The van der Waals surface area contributed by atoms with Gasteiger partial charge in [0.25, 0.3) is 5.91 Å². The first-order valence-electron chi connectivity index (χ1n) is 6.95. The molecule has 0 saturated carbocycles. The van der Waals surface area contributed by atoms with E-state index >= 15 is 0 Å². The van der Waals surface area contributed by atoms with E-state index in [1.54, 1.807) is 0 Å². The summed E-state index contributed by atoms with van der Waals surface area (Å²) in [5.74, 6) is 1.32. The number of carbonyl (C=O) groups is 1. The van der Waals surface area contributed by atoms with Gasteiger partial charge in [-0.3, -0.25) is 4.79 Å². The molecular weight excluding hydrogens is 266 g/mol. The summed E-state index contributed by atoms with van der Waals surface area (Å²) in [6, 6.07) is 16.9. The quantitative estimate of drug-likeness (QED) is 0.851. The van der Waals surface area contributed by atoms with E-state index in [0.717, 1.165) is 11.3 Å². The zero-order valence-electron chi connectivity index (χ0n) is 12.0. The Hall–Kier alpha value is -2.49. The molecule has 0 aromatic heterocycles. The van der Waals surface area contributed by atoms with Crippen molar-refractivity contribution in [3.05, 3.63) is 60.2 Å². The predicted molar refractivity (Wildman–Crippen MR) is 81.4 cm³/mol. The summed E-state index contributed by atoms with van der Waals surface area (Å²) in [7, 11) is 0. The van der Waals surface area contributed by atoms with E-state index < -0.39 is 0 Å². The van der Waals surface area contributed by atoms with Crippen LogP contribution in [0.1, 0.15) is 12.5 Å². The molecule has 0 aliphatic rings. The summed E-state index contributed by atoms with van der Waals surface area (Å²) >= 11 is 0. The lowest BCUT2D eigenvalue weighted by atomic mass is 10.2. The molecule has 0 fully saturated rings. The van der Waals surface area contributed by atoms with Crippen LogP contribution in [0.2, 0.25) is 0 Å². The van der Waals surface area contributed by atoms with Crippen molar-refractivity contribution in [3.8, 4) is 11.5 Å². The second-order valence-electron chi connectivity index (χ2n) is 4.42. The van der Waals surface area contributed by atoms with Crippen LogP contribution in [0, 0.1) is 0 Å². The maximum Gasteiger partial charge on any atom is 0.258 e. The lowest BCUT2D eigenvalue weighted by molar-refractivity contribution is -0.123. The number of carbonyl (C=O) groups excluding carboxylic acids is 1. The molecule has 0 aliphatic heterocycles. The van der Waals surface area contributed by atoms with Crippen LogP contribution < -0.4 is 14.8 Å². The molecule has 0 bridgehead atoms. The Kier molecular flexibility index (Phi) is 5.64. The third kappa shape index (κ3) is 4.84. The van der Waals surface area contributed by atoms with Crippen LogP contribution in [0.3, 0.4) is 0 Å². The molecule has 0 spiro atoms. The van der Waals surface area contributed by atoms with Gasteiger partial charge in [0, 0.05) is 12.1 Å². The zero-order valence-corrected chi connectivity index (χ0v) is 12.0. The van der Waals surface area contributed by atoms with E-state index in [0.29, 0.717) is 18.9 Å². The number of amides is 1. The second kappa shape index (κ2) is 7.94. The molecule has 0 unspecified atom stereocenters. The summed E-state index contributed by atoms with van der Waals surface area (Å²) < 4.78 is 10.9. The van der Waals surface area contributed by atoms with Gasteiger partial charge in [0.1, 0.15) is 11.5 Å². The van der Waals surface area contributed by atoms with Gasteiger partial charge in [0.05, 0.1) is 6.61 Å².